The lowest BCUT2D eigenvalue weighted by atomic mass is 9.81. The molecular formula is C14H20O2. The van der Waals surface area contributed by atoms with Gasteiger partial charge in [0.15, 0.2) is 11.4 Å². The Hall–Kier alpha value is -0.630. The molecule has 88 valence electrons. The second-order valence-electron chi connectivity index (χ2n) is 5.97. The fourth-order valence-corrected chi connectivity index (χ4v) is 3.94. The van der Waals surface area contributed by atoms with E-state index in [2.05, 4.69) is 20.4 Å². The van der Waals surface area contributed by atoms with Crippen LogP contribution in [0.25, 0.3) is 0 Å². The third kappa shape index (κ3) is 1.04. The first kappa shape index (κ1) is 10.5. The van der Waals surface area contributed by atoms with Crippen molar-refractivity contribution in [3.8, 4) is 0 Å². The number of carbonyl (C=O) groups is 1. The van der Waals surface area contributed by atoms with Crippen molar-refractivity contribution in [2.24, 2.45) is 11.8 Å². The van der Waals surface area contributed by atoms with Crippen molar-refractivity contribution in [1.82, 2.24) is 0 Å². The molecule has 0 aromatic rings. The highest BCUT2D eigenvalue weighted by Crippen LogP contribution is 2.67. The SMILES string of the molecule is C=C(C)[C@H]1CCC(=O)[C@]23CC[C@@H](C)[C@@]2(C1)O3. The molecule has 0 amide bonds. The highest BCUT2D eigenvalue weighted by atomic mass is 16.6. The van der Waals surface area contributed by atoms with E-state index in [1.807, 2.05) is 0 Å². The highest BCUT2D eigenvalue weighted by molar-refractivity contribution is 5.93. The summed E-state index contributed by atoms with van der Waals surface area (Å²) in [6, 6.07) is 0. The molecular weight excluding hydrogens is 200 g/mol. The number of Topliss-reactive ketones (excluding diaryl/α,β-unsaturated/α-hetero) is 1. The van der Waals surface area contributed by atoms with Crippen LogP contribution >= 0.6 is 0 Å². The summed E-state index contributed by atoms with van der Waals surface area (Å²) < 4.78 is 5.98. The van der Waals surface area contributed by atoms with Crippen LogP contribution in [0, 0.1) is 11.8 Å². The zero-order valence-electron chi connectivity index (χ0n) is 10.2. The lowest BCUT2D eigenvalue weighted by molar-refractivity contribution is -0.124. The summed E-state index contributed by atoms with van der Waals surface area (Å²) in [6.45, 7) is 8.39. The standard InChI is InChI=1S/C14H20O2/c1-9(2)11-4-5-12(15)13-7-6-10(3)14(13,8-11)16-13/h10-11H,1,4-8H2,2-3H3/t10-,11+,13-,14-/m1/s1. The molecule has 3 aliphatic rings. The van der Waals surface area contributed by atoms with E-state index in [9.17, 15) is 4.79 Å². The Balaban J connectivity index is 1.96. The summed E-state index contributed by atoms with van der Waals surface area (Å²) in [6.07, 6.45) is 4.79. The number of rotatable bonds is 1. The maximum absolute atomic E-state index is 12.2. The summed E-state index contributed by atoms with van der Waals surface area (Å²) in [7, 11) is 0. The number of allylic oxidation sites excluding steroid dienone is 1. The molecule has 16 heavy (non-hydrogen) atoms. The quantitative estimate of drug-likeness (QED) is 0.502. The van der Waals surface area contributed by atoms with Crippen LogP contribution < -0.4 is 0 Å². The van der Waals surface area contributed by atoms with E-state index in [-0.39, 0.29) is 11.2 Å². The molecule has 0 radical (unpaired) electrons. The summed E-state index contributed by atoms with van der Waals surface area (Å²) in [5.41, 5.74) is 0.744. The third-order valence-corrected chi connectivity index (χ3v) is 5.14. The van der Waals surface area contributed by atoms with E-state index in [4.69, 9.17) is 4.74 Å². The predicted molar refractivity (Wildman–Crippen MR) is 62.1 cm³/mol. The topological polar surface area (TPSA) is 29.6 Å². The molecule has 0 aromatic carbocycles. The first-order valence-electron chi connectivity index (χ1n) is 6.41. The summed E-state index contributed by atoms with van der Waals surface area (Å²) in [4.78, 5) is 12.2. The molecule has 2 aliphatic carbocycles. The van der Waals surface area contributed by atoms with Crippen molar-refractivity contribution in [3.05, 3.63) is 12.2 Å². The number of hydrogen-bond acceptors (Lipinski definition) is 2. The van der Waals surface area contributed by atoms with E-state index in [1.54, 1.807) is 0 Å². The molecule has 2 nitrogen and oxygen atoms in total. The predicted octanol–water partition coefficient (Wildman–Crippen LogP) is 2.87. The number of ketones is 1. The van der Waals surface area contributed by atoms with Gasteiger partial charge in [-0.15, -0.1) is 0 Å². The molecule has 0 bridgehead atoms. The van der Waals surface area contributed by atoms with Gasteiger partial charge in [-0.1, -0.05) is 19.1 Å². The van der Waals surface area contributed by atoms with Crippen molar-refractivity contribution < 1.29 is 9.53 Å². The van der Waals surface area contributed by atoms with Crippen molar-refractivity contribution in [3.63, 3.8) is 0 Å². The van der Waals surface area contributed by atoms with Crippen molar-refractivity contribution >= 4 is 5.78 Å². The second-order valence-corrected chi connectivity index (χ2v) is 5.97. The first-order chi connectivity index (χ1) is 7.52. The minimum absolute atomic E-state index is 0.107. The Morgan fingerprint density at radius 3 is 2.94 bits per heavy atom. The fraction of sp³-hybridized carbons (Fsp3) is 0.786. The molecule has 1 saturated heterocycles. The normalized spacial score (nSPS) is 50.5. The summed E-state index contributed by atoms with van der Waals surface area (Å²) >= 11 is 0. The molecule has 3 rings (SSSR count). The van der Waals surface area contributed by atoms with Crippen LogP contribution in [0.15, 0.2) is 12.2 Å². The van der Waals surface area contributed by atoms with E-state index in [0.29, 0.717) is 24.0 Å². The van der Waals surface area contributed by atoms with Crippen LogP contribution in [0.3, 0.4) is 0 Å². The molecule has 1 heterocycles. The van der Waals surface area contributed by atoms with Crippen LogP contribution in [-0.4, -0.2) is 17.0 Å². The minimum Gasteiger partial charge on any atom is -0.354 e. The van der Waals surface area contributed by atoms with Gasteiger partial charge in [-0.05, 0) is 44.4 Å². The fourth-order valence-electron chi connectivity index (χ4n) is 3.94. The summed E-state index contributed by atoms with van der Waals surface area (Å²) in [5, 5.41) is 0. The van der Waals surface area contributed by atoms with Crippen LogP contribution in [0.2, 0.25) is 0 Å². The maximum Gasteiger partial charge on any atom is 0.167 e. The van der Waals surface area contributed by atoms with Gasteiger partial charge in [0.2, 0.25) is 0 Å². The van der Waals surface area contributed by atoms with Crippen LogP contribution in [0.5, 0.6) is 0 Å². The van der Waals surface area contributed by atoms with Crippen LogP contribution in [0.4, 0.5) is 0 Å². The van der Waals surface area contributed by atoms with Gasteiger partial charge in [0, 0.05) is 6.42 Å². The number of carbonyl (C=O) groups excluding carboxylic acids is 1. The van der Waals surface area contributed by atoms with Gasteiger partial charge < -0.3 is 4.74 Å². The van der Waals surface area contributed by atoms with Crippen LogP contribution in [-0.2, 0) is 9.53 Å². The zero-order chi connectivity index (χ0) is 11.6. The van der Waals surface area contributed by atoms with Crippen LogP contribution in [0.1, 0.15) is 46.0 Å². The summed E-state index contributed by atoms with van der Waals surface area (Å²) in [5.74, 6) is 1.38. The molecule has 2 heteroatoms. The maximum atomic E-state index is 12.2. The number of ether oxygens (including phenoxy) is 1. The Morgan fingerprint density at radius 2 is 2.25 bits per heavy atom. The third-order valence-electron chi connectivity index (χ3n) is 5.14. The monoisotopic (exact) mass is 220 g/mol. The molecule has 0 aromatic heterocycles. The van der Waals surface area contributed by atoms with Crippen molar-refractivity contribution in [2.75, 3.05) is 0 Å². The molecule has 0 unspecified atom stereocenters. The lowest BCUT2D eigenvalue weighted by Crippen LogP contribution is -2.30. The van der Waals surface area contributed by atoms with E-state index >= 15 is 0 Å². The van der Waals surface area contributed by atoms with Crippen molar-refractivity contribution in [2.45, 2.75) is 57.2 Å². The van der Waals surface area contributed by atoms with Gasteiger partial charge in [0.1, 0.15) is 5.60 Å². The van der Waals surface area contributed by atoms with E-state index in [0.717, 1.165) is 25.7 Å². The average molecular weight is 220 g/mol. The molecule has 3 fully saturated rings. The van der Waals surface area contributed by atoms with Crippen molar-refractivity contribution in [1.29, 1.82) is 0 Å². The van der Waals surface area contributed by atoms with Gasteiger partial charge in [-0.2, -0.15) is 0 Å². The molecule has 1 aliphatic heterocycles. The lowest BCUT2D eigenvalue weighted by Gasteiger charge is -2.22. The zero-order valence-corrected chi connectivity index (χ0v) is 10.2. The Bertz CT molecular complexity index is 373. The smallest absolute Gasteiger partial charge is 0.167 e. The number of hydrogen-bond donors (Lipinski definition) is 0. The highest BCUT2D eigenvalue weighted by Gasteiger charge is 2.79. The molecule has 0 N–H and O–H groups in total. The second kappa shape index (κ2) is 2.98. The van der Waals surface area contributed by atoms with E-state index in [1.165, 1.54) is 5.57 Å². The van der Waals surface area contributed by atoms with Gasteiger partial charge >= 0.3 is 0 Å². The van der Waals surface area contributed by atoms with E-state index < -0.39 is 0 Å². The van der Waals surface area contributed by atoms with Gasteiger partial charge in [-0.25, -0.2) is 0 Å². The molecule has 4 atom stereocenters. The Labute approximate surface area is 97.1 Å². The van der Waals surface area contributed by atoms with Gasteiger partial charge in [-0.3, -0.25) is 4.79 Å². The average Bonchev–Trinajstić information content (AvgIpc) is 2.84. The van der Waals surface area contributed by atoms with Gasteiger partial charge in [0.25, 0.3) is 0 Å². The Kier molecular flexibility index (Phi) is 1.96. The first-order valence-corrected chi connectivity index (χ1v) is 6.41. The minimum atomic E-state index is -0.364. The Morgan fingerprint density at radius 1 is 1.50 bits per heavy atom. The number of epoxide rings is 1. The largest absolute Gasteiger partial charge is 0.354 e. The molecule has 2 saturated carbocycles. The van der Waals surface area contributed by atoms with Gasteiger partial charge in [0.05, 0.1) is 0 Å². The molecule has 0 spiro atoms.